The molecule has 3 nitrogen and oxygen atoms in total. The average molecular weight is 348 g/mol. The molecule has 2 rings (SSSR count). The standard InChI is InChI=1S/C18H21NO2S2/c1-4-22-17-8-6-5-7-16(17)19-18(20)13(2)23-15-11-9-14(21-3)10-12-15/h5-13H,4H2,1-3H3,(H,19,20)/t13-/m1/s1. The lowest BCUT2D eigenvalue weighted by atomic mass is 10.3. The summed E-state index contributed by atoms with van der Waals surface area (Å²) in [5.74, 6) is 1.80. The maximum Gasteiger partial charge on any atom is 0.237 e. The lowest BCUT2D eigenvalue weighted by Crippen LogP contribution is -2.22. The van der Waals surface area contributed by atoms with Gasteiger partial charge in [-0.05, 0) is 49.1 Å². The summed E-state index contributed by atoms with van der Waals surface area (Å²) in [5, 5.41) is 2.85. The molecule has 0 heterocycles. The van der Waals surface area contributed by atoms with Crippen molar-refractivity contribution in [3.63, 3.8) is 0 Å². The molecule has 1 N–H and O–H groups in total. The van der Waals surface area contributed by atoms with Crippen molar-refractivity contribution in [3.8, 4) is 5.75 Å². The van der Waals surface area contributed by atoms with Crippen LogP contribution in [0.5, 0.6) is 5.75 Å². The molecular weight excluding hydrogens is 326 g/mol. The van der Waals surface area contributed by atoms with Crippen LogP contribution in [0.3, 0.4) is 0 Å². The van der Waals surface area contributed by atoms with Crippen molar-refractivity contribution in [2.45, 2.75) is 28.9 Å². The maximum absolute atomic E-state index is 12.4. The van der Waals surface area contributed by atoms with E-state index in [1.54, 1.807) is 18.9 Å². The first-order valence-electron chi connectivity index (χ1n) is 7.47. The zero-order valence-electron chi connectivity index (χ0n) is 13.5. The summed E-state index contributed by atoms with van der Waals surface area (Å²) < 4.78 is 5.15. The molecule has 0 spiro atoms. The number of carbonyl (C=O) groups excluding carboxylic acids is 1. The Labute approximate surface area is 146 Å². The van der Waals surface area contributed by atoms with Gasteiger partial charge in [0.15, 0.2) is 0 Å². The fourth-order valence-electron chi connectivity index (χ4n) is 2.00. The number of carbonyl (C=O) groups is 1. The van der Waals surface area contributed by atoms with Gasteiger partial charge in [-0.2, -0.15) is 0 Å². The van der Waals surface area contributed by atoms with E-state index in [-0.39, 0.29) is 11.2 Å². The third-order valence-corrected chi connectivity index (χ3v) is 5.25. The summed E-state index contributed by atoms with van der Waals surface area (Å²) in [5.41, 5.74) is 0.881. The lowest BCUT2D eigenvalue weighted by molar-refractivity contribution is -0.115. The van der Waals surface area contributed by atoms with Crippen molar-refractivity contribution in [3.05, 3.63) is 48.5 Å². The van der Waals surface area contributed by atoms with Crippen LogP contribution >= 0.6 is 23.5 Å². The molecule has 0 saturated heterocycles. The van der Waals surface area contributed by atoms with E-state index in [0.29, 0.717) is 0 Å². The normalized spacial score (nSPS) is 11.8. The smallest absolute Gasteiger partial charge is 0.237 e. The van der Waals surface area contributed by atoms with Crippen LogP contribution in [-0.2, 0) is 4.79 Å². The molecule has 122 valence electrons. The Hall–Kier alpha value is -1.59. The van der Waals surface area contributed by atoms with Gasteiger partial charge >= 0.3 is 0 Å². The molecule has 0 radical (unpaired) electrons. The van der Waals surface area contributed by atoms with E-state index in [1.165, 1.54) is 11.8 Å². The molecule has 0 aliphatic heterocycles. The van der Waals surface area contributed by atoms with Crippen molar-refractivity contribution < 1.29 is 9.53 Å². The summed E-state index contributed by atoms with van der Waals surface area (Å²) in [6.07, 6.45) is 0. The molecule has 0 aliphatic rings. The van der Waals surface area contributed by atoms with Crippen LogP contribution in [0.4, 0.5) is 5.69 Å². The van der Waals surface area contributed by atoms with Gasteiger partial charge in [0.2, 0.25) is 5.91 Å². The first-order chi connectivity index (χ1) is 11.1. The molecule has 2 aromatic carbocycles. The summed E-state index contributed by atoms with van der Waals surface area (Å²) >= 11 is 3.26. The topological polar surface area (TPSA) is 38.3 Å². The number of amides is 1. The van der Waals surface area contributed by atoms with Crippen LogP contribution in [0.25, 0.3) is 0 Å². The number of methoxy groups -OCH3 is 1. The van der Waals surface area contributed by atoms with Crippen molar-refractivity contribution in [2.75, 3.05) is 18.2 Å². The summed E-state index contributed by atoms with van der Waals surface area (Å²) in [4.78, 5) is 14.6. The van der Waals surface area contributed by atoms with Crippen molar-refractivity contribution >= 4 is 35.1 Å². The predicted octanol–water partition coefficient (Wildman–Crippen LogP) is 4.93. The molecule has 1 amide bonds. The molecule has 0 saturated carbocycles. The second kappa shape index (κ2) is 8.89. The minimum atomic E-state index is -0.178. The van der Waals surface area contributed by atoms with E-state index in [0.717, 1.165) is 27.0 Å². The highest BCUT2D eigenvalue weighted by atomic mass is 32.2. The Bertz CT molecular complexity index is 644. The van der Waals surface area contributed by atoms with Crippen molar-refractivity contribution in [1.82, 2.24) is 0 Å². The maximum atomic E-state index is 12.4. The van der Waals surface area contributed by atoms with E-state index in [4.69, 9.17) is 4.74 Å². The average Bonchev–Trinajstić information content (AvgIpc) is 2.57. The number of anilines is 1. The number of para-hydroxylation sites is 1. The molecule has 0 fully saturated rings. The number of thioether (sulfide) groups is 2. The van der Waals surface area contributed by atoms with E-state index in [9.17, 15) is 4.79 Å². The first-order valence-corrected chi connectivity index (χ1v) is 9.34. The number of ether oxygens (including phenoxy) is 1. The van der Waals surface area contributed by atoms with Gasteiger partial charge in [-0.15, -0.1) is 23.5 Å². The molecule has 0 aromatic heterocycles. The Morgan fingerprint density at radius 2 is 1.87 bits per heavy atom. The van der Waals surface area contributed by atoms with E-state index in [1.807, 2.05) is 55.5 Å². The molecular formula is C18H21NO2S2. The zero-order valence-corrected chi connectivity index (χ0v) is 15.2. The molecule has 2 aromatic rings. The van der Waals surface area contributed by atoms with Crippen molar-refractivity contribution in [2.24, 2.45) is 0 Å². The monoisotopic (exact) mass is 347 g/mol. The highest BCUT2D eigenvalue weighted by molar-refractivity contribution is 8.00. The predicted molar refractivity (Wildman–Crippen MR) is 99.8 cm³/mol. The van der Waals surface area contributed by atoms with E-state index in [2.05, 4.69) is 12.2 Å². The molecule has 0 unspecified atom stereocenters. The van der Waals surface area contributed by atoms with Crippen LogP contribution in [-0.4, -0.2) is 24.0 Å². The highest BCUT2D eigenvalue weighted by Gasteiger charge is 2.16. The Morgan fingerprint density at radius 3 is 2.52 bits per heavy atom. The van der Waals surface area contributed by atoms with Gasteiger partial charge in [0.1, 0.15) is 5.75 Å². The van der Waals surface area contributed by atoms with Crippen molar-refractivity contribution in [1.29, 1.82) is 0 Å². The fraction of sp³-hybridized carbons (Fsp3) is 0.278. The Balaban J connectivity index is 1.99. The molecule has 0 aliphatic carbocycles. The van der Waals surface area contributed by atoms with Gasteiger partial charge in [-0.3, -0.25) is 4.79 Å². The third kappa shape index (κ3) is 5.22. The zero-order chi connectivity index (χ0) is 16.7. The quantitative estimate of drug-likeness (QED) is 0.721. The van der Waals surface area contributed by atoms with Crippen LogP contribution < -0.4 is 10.1 Å². The molecule has 1 atom stereocenters. The number of rotatable bonds is 7. The van der Waals surface area contributed by atoms with Gasteiger partial charge in [-0.25, -0.2) is 0 Å². The molecule has 5 heteroatoms. The van der Waals surface area contributed by atoms with Crippen LogP contribution in [0.2, 0.25) is 0 Å². The molecule has 23 heavy (non-hydrogen) atoms. The van der Waals surface area contributed by atoms with Gasteiger partial charge in [0.25, 0.3) is 0 Å². The SMILES string of the molecule is CCSc1ccccc1NC(=O)[C@@H](C)Sc1ccc(OC)cc1. The Kier molecular flexibility index (Phi) is 6.86. The summed E-state index contributed by atoms with van der Waals surface area (Å²) in [6.45, 7) is 4.02. The largest absolute Gasteiger partial charge is 0.497 e. The summed E-state index contributed by atoms with van der Waals surface area (Å²) in [7, 11) is 1.64. The van der Waals surface area contributed by atoms with Gasteiger partial charge in [0.05, 0.1) is 18.0 Å². The van der Waals surface area contributed by atoms with Crippen LogP contribution in [0, 0.1) is 0 Å². The molecule has 0 bridgehead atoms. The minimum Gasteiger partial charge on any atom is -0.497 e. The summed E-state index contributed by atoms with van der Waals surface area (Å²) in [6, 6.07) is 15.6. The first kappa shape index (κ1) is 17.8. The highest BCUT2D eigenvalue weighted by Crippen LogP contribution is 2.29. The van der Waals surface area contributed by atoms with Crippen LogP contribution in [0.15, 0.2) is 58.3 Å². The van der Waals surface area contributed by atoms with Gasteiger partial charge in [-0.1, -0.05) is 19.1 Å². The minimum absolute atomic E-state index is 0.00923. The Morgan fingerprint density at radius 1 is 1.17 bits per heavy atom. The third-order valence-electron chi connectivity index (χ3n) is 3.19. The van der Waals surface area contributed by atoms with Gasteiger partial charge in [0, 0.05) is 9.79 Å². The van der Waals surface area contributed by atoms with E-state index >= 15 is 0 Å². The fourth-order valence-corrected chi connectivity index (χ4v) is 3.63. The second-order valence-electron chi connectivity index (χ2n) is 4.85. The lowest BCUT2D eigenvalue weighted by Gasteiger charge is -2.14. The van der Waals surface area contributed by atoms with E-state index < -0.39 is 0 Å². The van der Waals surface area contributed by atoms with Gasteiger partial charge < -0.3 is 10.1 Å². The number of hydrogen-bond acceptors (Lipinski definition) is 4. The number of hydrogen-bond donors (Lipinski definition) is 1. The number of nitrogens with one attached hydrogen (secondary N) is 1. The number of benzene rings is 2. The second-order valence-corrected chi connectivity index (χ2v) is 7.57. The van der Waals surface area contributed by atoms with Crippen LogP contribution in [0.1, 0.15) is 13.8 Å².